The molecule has 0 saturated carbocycles. The van der Waals surface area contributed by atoms with Crippen LogP contribution in [0.15, 0.2) is 60.7 Å². The van der Waals surface area contributed by atoms with Crippen LogP contribution >= 0.6 is 0 Å². The first-order valence-corrected chi connectivity index (χ1v) is 13.3. The second-order valence-corrected chi connectivity index (χ2v) is 13.6. The molecule has 0 fully saturated rings. The van der Waals surface area contributed by atoms with Gasteiger partial charge in [0.1, 0.15) is 12.2 Å². The van der Waals surface area contributed by atoms with Crippen molar-refractivity contribution in [2.75, 3.05) is 6.61 Å². The lowest BCUT2D eigenvalue weighted by atomic mass is 10.0. The van der Waals surface area contributed by atoms with Gasteiger partial charge in [0.05, 0.1) is 6.61 Å². The Morgan fingerprint density at radius 1 is 0.857 bits per heavy atom. The van der Waals surface area contributed by atoms with Gasteiger partial charge >= 0.3 is 11.9 Å². The Hall–Kier alpha value is -2.85. The zero-order chi connectivity index (χ0) is 26.2. The zero-order valence-corrected chi connectivity index (χ0v) is 21.7. The summed E-state index contributed by atoms with van der Waals surface area (Å²) in [6, 6.07) is 19.4. The highest BCUT2D eigenvalue weighted by Crippen LogP contribution is 2.37. The van der Waals surface area contributed by atoms with Crippen LogP contribution in [-0.4, -0.2) is 67.8 Å². The van der Waals surface area contributed by atoms with Crippen LogP contribution < -0.4 is 10.4 Å². The van der Waals surface area contributed by atoms with Crippen LogP contribution in [0.25, 0.3) is 0 Å². The van der Waals surface area contributed by atoms with Gasteiger partial charge in [0.15, 0.2) is 18.5 Å². The molecule has 0 heterocycles. The van der Waals surface area contributed by atoms with E-state index < -0.39 is 44.7 Å². The SMILES string of the molecule is CC(=O)O[C@@H]([C@H](OC(C)=O)[C@@H](O)C=O)[C@H](O)CO[Si](c1ccccc1)(c1ccccc1)C(C)(C)C. The fourth-order valence-corrected chi connectivity index (χ4v) is 8.80. The van der Waals surface area contributed by atoms with E-state index in [0.717, 1.165) is 24.2 Å². The number of carbonyl (C=O) groups is 3. The van der Waals surface area contributed by atoms with Gasteiger partial charge < -0.3 is 28.9 Å². The summed E-state index contributed by atoms with van der Waals surface area (Å²) in [7, 11) is -3.04. The highest BCUT2D eigenvalue weighted by atomic mass is 28.4. The van der Waals surface area contributed by atoms with Gasteiger partial charge in [0.25, 0.3) is 8.32 Å². The van der Waals surface area contributed by atoms with Crippen molar-refractivity contribution in [1.29, 1.82) is 0 Å². The lowest BCUT2D eigenvalue weighted by Gasteiger charge is -2.44. The van der Waals surface area contributed by atoms with E-state index in [-0.39, 0.29) is 17.9 Å². The highest BCUT2D eigenvalue weighted by Gasteiger charge is 2.51. The number of esters is 2. The van der Waals surface area contributed by atoms with Crippen molar-refractivity contribution in [1.82, 2.24) is 0 Å². The first-order valence-electron chi connectivity index (χ1n) is 11.3. The molecule has 0 unspecified atom stereocenters. The van der Waals surface area contributed by atoms with Crippen molar-refractivity contribution >= 4 is 36.9 Å². The van der Waals surface area contributed by atoms with Crippen LogP contribution in [0.2, 0.25) is 5.04 Å². The standard InChI is InChI=1S/C26H34O8Si/c1-18(28)33-24(22(30)16-27)25(34-19(2)29)23(31)17-32-35(26(3,4)5,20-12-8-6-9-13-20)21-14-10-7-11-15-21/h6-16,22-25,30-31H,17H2,1-5H3/t22-,23+,24+,25+/m0/s1. The summed E-state index contributed by atoms with van der Waals surface area (Å²) >= 11 is 0. The van der Waals surface area contributed by atoms with Crippen LogP contribution in [-0.2, 0) is 28.3 Å². The van der Waals surface area contributed by atoms with Gasteiger partial charge in [-0.25, -0.2) is 0 Å². The summed E-state index contributed by atoms with van der Waals surface area (Å²) in [5.41, 5.74) is 0. The molecule has 4 atom stereocenters. The minimum atomic E-state index is -3.04. The third kappa shape index (κ3) is 6.85. The molecule has 0 aromatic heterocycles. The third-order valence-corrected chi connectivity index (χ3v) is 10.7. The molecule has 0 aliphatic heterocycles. The van der Waals surface area contributed by atoms with Gasteiger partial charge in [-0.1, -0.05) is 81.4 Å². The largest absolute Gasteiger partial charge is 0.456 e. The van der Waals surface area contributed by atoms with E-state index in [1.807, 2.05) is 60.7 Å². The Labute approximate surface area is 207 Å². The molecule has 8 nitrogen and oxygen atoms in total. The molecule has 0 radical (unpaired) electrons. The quantitative estimate of drug-likeness (QED) is 0.269. The molecular formula is C26H34O8Si. The Kier molecular flexibility index (Phi) is 9.90. The Morgan fingerprint density at radius 2 is 1.29 bits per heavy atom. The number of ether oxygens (including phenoxy) is 2. The van der Waals surface area contributed by atoms with E-state index in [0.29, 0.717) is 0 Å². The summed E-state index contributed by atoms with van der Waals surface area (Å²) < 4.78 is 16.9. The number of benzene rings is 2. The lowest BCUT2D eigenvalue weighted by Crippen LogP contribution is -2.67. The van der Waals surface area contributed by atoms with Gasteiger partial charge in [0, 0.05) is 13.8 Å². The molecule has 0 saturated heterocycles. The minimum Gasteiger partial charge on any atom is -0.456 e. The van der Waals surface area contributed by atoms with Crippen LogP contribution in [0.1, 0.15) is 34.6 Å². The van der Waals surface area contributed by atoms with E-state index in [1.54, 1.807) is 0 Å². The van der Waals surface area contributed by atoms with Crippen molar-refractivity contribution < 1.29 is 38.5 Å². The van der Waals surface area contributed by atoms with Crippen molar-refractivity contribution in [3.05, 3.63) is 60.7 Å². The van der Waals surface area contributed by atoms with E-state index in [2.05, 4.69) is 20.8 Å². The number of hydrogen-bond donors (Lipinski definition) is 2. The molecule has 2 aromatic rings. The predicted octanol–water partition coefficient (Wildman–Crippen LogP) is 1.35. The number of rotatable bonds is 11. The minimum absolute atomic E-state index is 0.153. The maximum absolute atomic E-state index is 11.8. The second kappa shape index (κ2) is 12.2. The number of carbonyl (C=O) groups excluding carboxylic acids is 3. The van der Waals surface area contributed by atoms with Gasteiger partial charge in [-0.15, -0.1) is 0 Å². The van der Waals surface area contributed by atoms with Crippen LogP contribution in [0.4, 0.5) is 0 Å². The predicted molar refractivity (Wildman–Crippen MR) is 133 cm³/mol. The average Bonchev–Trinajstić information content (AvgIpc) is 2.81. The van der Waals surface area contributed by atoms with E-state index >= 15 is 0 Å². The third-order valence-electron chi connectivity index (χ3n) is 5.67. The first-order chi connectivity index (χ1) is 16.4. The Bertz CT molecular complexity index is 934. The number of aliphatic hydroxyl groups is 2. The van der Waals surface area contributed by atoms with E-state index in [9.17, 15) is 24.6 Å². The molecule has 9 heteroatoms. The number of aldehydes is 1. The fraction of sp³-hybridized carbons (Fsp3) is 0.423. The summed E-state index contributed by atoms with van der Waals surface area (Å²) in [6.07, 6.45) is -6.31. The molecular weight excluding hydrogens is 468 g/mol. The van der Waals surface area contributed by atoms with Gasteiger partial charge in [0.2, 0.25) is 0 Å². The Morgan fingerprint density at radius 3 is 1.66 bits per heavy atom. The molecule has 0 spiro atoms. The summed E-state index contributed by atoms with van der Waals surface area (Å²) in [4.78, 5) is 34.7. The molecule has 0 amide bonds. The fourth-order valence-electron chi connectivity index (χ4n) is 4.22. The van der Waals surface area contributed by atoms with E-state index in [1.165, 1.54) is 0 Å². The molecule has 35 heavy (non-hydrogen) atoms. The molecule has 0 aliphatic carbocycles. The molecule has 2 aromatic carbocycles. The monoisotopic (exact) mass is 502 g/mol. The van der Waals surface area contributed by atoms with Crippen LogP contribution in [0.5, 0.6) is 0 Å². The summed E-state index contributed by atoms with van der Waals surface area (Å²) in [6.45, 7) is 8.07. The van der Waals surface area contributed by atoms with Crippen molar-refractivity contribution in [2.45, 2.75) is 64.1 Å². The van der Waals surface area contributed by atoms with E-state index in [4.69, 9.17) is 13.9 Å². The lowest BCUT2D eigenvalue weighted by molar-refractivity contribution is -0.187. The molecule has 0 bridgehead atoms. The number of hydrogen-bond acceptors (Lipinski definition) is 8. The van der Waals surface area contributed by atoms with Gasteiger partial charge in [-0.3, -0.25) is 9.59 Å². The van der Waals surface area contributed by atoms with Gasteiger partial charge in [-0.2, -0.15) is 0 Å². The summed E-state index contributed by atoms with van der Waals surface area (Å²) in [5, 5.41) is 22.8. The van der Waals surface area contributed by atoms with Crippen LogP contribution in [0, 0.1) is 0 Å². The topological polar surface area (TPSA) is 119 Å². The van der Waals surface area contributed by atoms with Crippen molar-refractivity contribution in [3.8, 4) is 0 Å². The molecule has 190 valence electrons. The number of aliphatic hydroxyl groups excluding tert-OH is 2. The highest BCUT2D eigenvalue weighted by molar-refractivity contribution is 6.99. The summed E-state index contributed by atoms with van der Waals surface area (Å²) in [5.74, 6) is -1.59. The zero-order valence-electron chi connectivity index (χ0n) is 20.7. The first kappa shape index (κ1) is 28.4. The Balaban J connectivity index is 2.52. The maximum Gasteiger partial charge on any atom is 0.303 e. The molecule has 0 aliphatic rings. The van der Waals surface area contributed by atoms with Gasteiger partial charge in [-0.05, 0) is 15.4 Å². The maximum atomic E-state index is 11.8. The van der Waals surface area contributed by atoms with Crippen LogP contribution in [0.3, 0.4) is 0 Å². The molecule has 2 rings (SSSR count). The van der Waals surface area contributed by atoms with Crippen molar-refractivity contribution in [2.24, 2.45) is 0 Å². The molecule has 2 N–H and O–H groups in total. The average molecular weight is 503 g/mol. The van der Waals surface area contributed by atoms with Crippen molar-refractivity contribution in [3.63, 3.8) is 0 Å². The smallest absolute Gasteiger partial charge is 0.303 e. The normalized spacial score (nSPS) is 15.4. The second-order valence-electron chi connectivity index (χ2n) is 9.32.